The molecule has 0 radical (unpaired) electrons. The van der Waals surface area contributed by atoms with Crippen LogP contribution in [0.5, 0.6) is 5.75 Å². The molecule has 2 heteroatoms. The second kappa shape index (κ2) is 5.09. The minimum atomic E-state index is 0.457. The number of hydrogen-bond donors (Lipinski definition) is 1. The van der Waals surface area contributed by atoms with Gasteiger partial charge in [0.25, 0.3) is 0 Å². The standard InChI is InChI=1S/C15H23NO/c1-10(2)12-5-6-15(17-4)13(8-12)14-7-11(3)9-16-14/h5-6,8,10-11,14,16H,7,9H2,1-4H3. The lowest BCUT2D eigenvalue weighted by Gasteiger charge is -2.17. The van der Waals surface area contributed by atoms with Gasteiger partial charge in [-0.3, -0.25) is 0 Å². The number of nitrogens with one attached hydrogen (secondary N) is 1. The molecule has 1 aliphatic rings. The van der Waals surface area contributed by atoms with E-state index in [9.17, 15) is 0 Å². The van der Waals surface area contributed by atoms with Crippen LogP contribution in [0.25, 0.3) is 0 Å². The van der Waals surface area contributed by atoms with E-state index in [1.807, 2.05) is 0 Å². The normalized spacial score (nSPS) is 24.3. The van der Waals surface area contributed by atoms with Crippen molar-refractivity contribution in [3.63, 3.8) is 0 Å². The van der Waals surface area contributed by atoms with Crippen molar-refractivity contribution in [1.29, 1.82) is 0 Å². The Kier molecular flexibility index (Phi) is 3.72. The maximum Gasteiger partial charge on any atom is 0.123 e. The summed E-state index contributed by atoms with van der Waals surface area (Å²) in [4.78, 5) is 0. The summed E-state index contributed by atoms with van der Waals surface area (Å²) in [5.74, 6) is 2.34. The van der Waals surface area contributed by atoms with Gasteiger partial charge in [0, 0.05) is 11.6 Å². The van der Waals surface area contributed by atoms with E-state index in [2.05, 4.69) is 44.3 Å². The molecule has 1 heterocycles. The predicted molar refractivity (Wildman–Crippen MR) is 71.6 cm³/mol. The smallest absolute Gasteiger partial charge is 0.123 e. The highest BCUT2D eigenvalue weighted by atomic mass is 16.5. The van der Waals surface area contributed by atoms with E-state index in [1.54, 1.807) is 7.11 Å². The minimum absolute atomic E-state index is 0.457. The molecule has 1 N–H and O–H groups in total. The molecule has 0 spiro atoms. The molecule has 17 heavy (non-hydrogen) atoms. The second-order valence-electron chi connectivity index (χ2n) is 5.46. The summed E-state index contributed by atoms with van der Waals surface area (Å²) in [6.45, 7) is 7.87. The van der Waals surface area contributed by atoms with Gasteiger partial charge < -0.3 is 10.1 Å². The highest BCUT2D eigenvalue weighted by Gasteiger charge is 2.24. The van der Waals surface area contributed by atoms with Crippen LogP contribution in [0, 0.1) is 5.92 Å². The Morgan fingerprint density at radius 1 is 1.35 bits per heavy atom. The van der Waals surface area contributed by atoms with Crippen molar-refractivity contribution in [3.8, 4) is 5.75 Å². The average Bonchev–Trinajstić information content (AvgIpc) is 2.74. The molecule has 0 aromatic heterocycles. The zero-order chi connectivity index (χ0) is 12.4. The Bertz CT molecular complexity index is 387. The van der Waals surface area contributed by atoms with Crippen LogP contribution in [0.4, 0.5) is 0 Å². The molecule has 1 aromatic rings. The summed E-state index contributed by atoms with van der Waals surface area (Å²) < 4.78 is 5.49. The van der Waals surface area contributed by atoms with Crippen molar-refractivity contribution in [2.24, 2.45) is 5.92 Å². The Morgan fingerprint density at radius 2 is 2.12 bits per heavy atom. The molecule has 0 saturated carbocycles. The van der Waals surface area contributed by atoms with Gasteiger partial charge in [-0.05, 0) is 36.4 Å². The Labute approximate surface area is 104 Å². The van der Waals surface area contributed by atoms with E-state index in [0.29, 0.717) is 12.0 Å². The molecule has 94 valence electrons. The van der Waals surface area contributed by atoms with E-state index < -0.39 is 0 Å². The summed E-state index contributed by atoms with van der Waals surface area (Å²) in [6, 6.07) is 7.04. The highest BCUT2D eigenvalue weighted by molar-refractivity contribution is 5.41. The first kappa shape index (κ1) is 12.4. The largest absolute Gasteiger partial charge is 0.496 e. The van der Waals surface area contributed by atoms with Gasteiger partial charge in [-0.2, -0.15) is 0 Å². The summed E-state index contributed by atoms with van der Waals surface area (Å²) in [5, 5.41) is 3.58. The Hall–Kier alpha value is -1.02. The number of rotatable bonds is 3. The maximum atomic E-state index is 5.49. The molecule has 2 rings (SSSR count). The van der Waals surface area contributed by atoms with Crippen molar-refractivity contribution in [2.45, 2.75) is 39.2 Å². The van der Waals surface area contributed by atoms with Gasteiger partial charge in [0.15, 0.2) is 0 Å². The van der Waals surface area contributed by atoms with E-state index in [-0.39, 0.29) is 0 Å². The van der Waals surface area contributed by atoms with Gasteiger partial charge in [-0.25, -0.2) is 0 Å². The van der Waals surface area contributed by atoms with Crippen LogP contribution < -0.4 is 10.1 Å². The fraction of sp³-hybridized carbons (Fsp3) is 0.600. The van der Waals surface area contributed by atoms with Crippen molar-refractivity contribution < 1.29 is 4.74 Å². The average molecular weight is 233 g/mol. The summed E-state index contributed by atoms with van der Waals surface area (Å²) >= 11 is 0. The molecule has 1 aliphatic heterocycles. The molecule has 0 aliphatic carbocycles. The molecular weight excluding hydrogens is 210 g/mol. The lowest BCUT2D eigenvalue weighted by atomic mass is 9.95. The SMILES string of the molecule is COc1ccc(C(C)C)cc1C1CC(C)CN1. The third-order valence-electron chi connectivity index (χ3n) is 3.65. The molecule has 0 bridgehead atoms. The highest BCUT2D eigenvalue weighted by Crippen LogP contribution is 2.34. The van der Waals surface area contributed by atoms with Crippen LogP contribution in [0.3, 0.4) is 0 Å². The van der Waals surface area contributed by atoms with Crippen molar-refractivity contribution in [2.75, 3.05) is 13.7 Å². The Balaban J connectivity index is 2.32. The first-order chi connectivity index (χ1) is 8.11. The molecule has 2 nitrogen and oxygen atoms in total. The van der Waals surface area contributed by atoms with Gasteiger partial charge in [-0.15, -0.1) is 0 Å². The van der Waals surface area contributed by atoms with Crippen LogP contribution >= 0.6 is 0 Å². The van der Waals surface area contributed by atoms with E-state index >= 15 is 0 Å². The topological polar surface area (TPSA) is 21.3 Å². The minimum Gasteiger partial charge on any atom is -0.496 e. The first-order valence-electron chi connectivity index (χ1n) is 6.53. The molecule has 0 amide bonds. The van der Waals surface area contributed by atoms with E-state index in [1.165, 1.54) is 17.5 Å². The fourth-order valence-electron chi connectivity index (χ4n) is 2.53. The zero-order valence-electron chi connectivity index (χ0n) is 11.3. The third-order valence-corrected chi connectivity index (χ3v) is 3.65. The predicted octanol–water partition coefficient (Wildman–Crippen LogP) is 3.49. The summed E-state index contributed by atoms with van der Waals surface area (Å²) in [6.07, 6.45) is 1.21. The quantitative estimate of drug-likeness (QED) is 0.863. The first-order valence-corrected chi connectivity index (χ1v) is 6.53. The van der Waals surface area contributed by atoms with E-state index in [4.69, 9.17) is 4.74 Å². The van der Waals surface area contributed by atoms with Crippen LogP contribution in [0.1, 0.15) is 50.3 Å². The van der Waals surface area contributed by atoms with Crippen LogP contribution in [-0.4, -0.2) is 13.7 Å². The summed E-state index contributed by atoms with van der Waals surface area (Å²) in [7, 11) is 1.76. The van der Waals surface area contributed by atoms with Crippen molar-refractivity contribution in [3.05, 3.63) is 29.3 Å². The number of ether oxygens (including phenoxy) is 1. The summed E-state index contributed by atoms with van der Waals surface area (Å²) in [5.41, 5.74) is 2.71. The maximum absolute atomic E-state index is 5.49. The molecule has 1 saturated heterocycles. The van der Waals surface area contributed by atoms with Crippen LogP contribution in [0.2, 0.25) is 0 Å². The van der Waals surface area contributed by atoms with E-state index in [0.717, 1.165) is 18.2 Å². The van der Waals surface area contributed by atoms with Crippen LogP contribution in [-0.2, 0) is 0 Å². The number of methoxy groups -OCH3 is 1. The van der Waals surface area contributed by atoms with Gasteiger partial charge in [0.2, 0.25) is 0 Å². The molecule has 1 aromatic carbocycles. The number of hydrogen-bond acceptors (Lipinski definition) is 2. The van der Waals surface area contributed by atoms with Gasteiger partial charge >= 0.3 is 0 Å². The van der Waals surface area contributed by atoms with Crippen LogP contribution in [0.15, 0.2) is 18.2 Å². The lowest BCUT2D eigenvalue weighted by molar-refractivity contribution is 0.402. The zero-order valence-corrected chi connectivity index (χ0v) is 11.3. The van der Waals surface area contributed by atoms with Crippen molar-refractivity contribution >= 4 is 0 Å². The Morgan fingerprint density at radius 3 is 2.65 bits per heavy atom. The fourth-order valence-corrected chi connectivity index (χ4v) is 2.53. The third kappa shape index (κ3) is 2.63. The van der Waals surface area contributed by atoms with Crippen molar-refractivity contribution in [1.82, 2.24) is 5.32 Å². The second-order valence-corrected chi connectivity index (χ2v) is 5.46. The lowest BCUT2D eigenvalue weighted by Crippen LogP contribution is -2.14. The monoisotopic (exact) mass is 233 g/mol. The van der Waals surface area contributed by atoms with Gasteiger partial charge in [0.1, 0.15) is 5.75 Å². The number of benzene rings is 1. The molecule has 1 fully saturated rings. The molecular formula is C15H23NO. The molecule has 2 atom stereocenters. The molecule has 2 unspecified atom stereocenters. The van der Waals surface area contributed by atoms with Gasteiger partial charge in [0.05, 0.1) is 7.11 Å². The van der Waals surface area contributed by atoms with Gasteiger partial charge in [-0.1, -0.05) is 32.9 Å².